The van der Waals surface area contributed by atoms with Crippen LogP contribution in [-0.4, -0.2) is 52.2 Å². The van der Waals surface area contributed by atoms with Gasteiger partial charge in [0.2, 0.25) is 11.8 Å². The summed E-state index contributed by atoms with van der Waals surface area (Å²) < 4.78 is 12.0. The summed E-state index contributed by atoms with van der Waals surface area (Å²) >= 11 is 0. The Morgan fingerprint density at radius 2 is 1.82 bits per heavy atom. The van der Waals surface area contributed by atoms with Crippen LogP contribution in [0.1, 0.15) is 69.0 Å². The second kappa shape index (κ2) is 12.4. The predicted molar refractivity (Wildman–Crippen MR) is 149 cm³/mol. The standard InChI is InChI=1S/C32H37NO7/c1-20-16-25-30(32(38)33(31(25)37)15-7-3-6-10-28(35)36)26-19-39-27(29(20)26)14-11-22(21-8-4-2-5-9-21)17-23-12-13-24(18-34)40-23/h2,4-5,8-9,12-13,17,25-27,30,34H,3,6-7,10-11,14-16,18-19H2,1H3,(H,35,36)/b22-17-/t25-,26+,27-,30-/m1/s1. The molecule has 4 atom stereocenters. The Hall–Kier alpha value is -3.49. The first-order valence-electron chi connectivity index (χ1n) is 14.2. The SMILES string of the molecule is CC1=C2[C@@H](CC/C(=C/c3ccc(CO)o3)c3ccccc3)OC[C@@H]2[C@@H]2C(=O)N(CCCCCC(=O)O)C(=O)[C@@H]2C1. The van der Waals surface area contributed by atoms with E-state index in [1.54, 1.807) is 6.07 Å². The molecule has 40 heavy (non-hydrogen) atoms. The minimum Gasteiger partial charge on any atom is -0.481 e. The van der Waals surface area contributed by atoms with E-state index in [2.05, 4.69) is 19.1 Å². The molecule has 2 N–H and O–H groups in total. The third-order valence-electron chi connectivity index (χ3n) is 8.49. The molecule has 0 spiro atoms. The Balaban J connectivity index is 1.27. The smallest absolute Gasteiger partial charge is 0.303 e. The van der Waals surface area contributed by atoms with Crippen molar-refractivity contribution in [3.8, 4) is 0 Å². The van der Waals surface area contributed by atoms with Crippen LogP contribution >= 0.6 is 0 Å². The van der Waals surface area contributed by atoms with E-state index in [9.17, 15) is 19.5 Å². The molecule has 0 saturated carbocycles. The van der Waals surface area contributed by atoms with E-state index in [4.69, 9.17) is 14.3 Å². The maximum Gasteiger partial charge on any atom is 0.303 e. The van der Waals surface area contributed by atoms with Crippen molar-refractivity contribution < 1.29 is 33.8 Å². The highest BCUT2D eigenvalue weighted by molar-refractivity contribution is 6.06. The molecule has 1 aliphatic carbocycles. The van der Waals surface area contributed by atoms with Crippen molar-refractivity contribution >= 4 is 29.4 Å². The minimum atomic E-state index is -0.826. The third kappa shape index (κ3) is 5.83. The van der Waals surface area contributed by atoms with Crippen molar-refractivity contribution in [2.45, 2.75) is 64.6 Å². The molecule has 8 nitrogen and oxygen atoms in total. The van der Waals surface area contributed by atoms with Crippen LogP contribution in [0.4, 0.5) is 0 Å². The van der Waals surface area contributed by atoms with Gasteiger partial charge in [0.1, 0.15) is 18.1 Å². The number of hydrogen-bond donors (Lipinski definition) is 2. The summed E-state index contributed by atoms with van der Waals surface area (Å²) in [6.07, 6.45) is 5.89. The normalized spacial score (nSPS) is 24.6. The summed E-state index contributed by atoms with van der Waals surface area (Å²) in [5.41, 5.74) is 4.52. The van der Waals surface area contributed by atoms with Crippen LogP contribution in [-0.2, 0) is 25.7 Å². The number of nitrogens with zero attached hydrogens (tertiary/aromatic N) is 1. The van der Waals surface area contributed by atoms with E-state index in [1.807, 2.05) is 30.3 Å². The number of fused-ring (bicyclic) bond motifs is 3. The number of aliphatic hydroxyl groups excluding tert-OH is 1. The van der Waals surface area contributed by atoms with E-state index in [0.29, 0.717) is 50.4 Å². The molecular formula is C32H37NO7. The van der Waals surface area contributed by atoms with E-state index in [-0.39, 0.29) is 48.7 Å². The fourth-order valence-electron chi connectivity index (χ4n) is 6.61. The zero-order valence-corrected chi connectivity index (χ0v) is 22.9. The van der Waals surface area contributed by atoms with Gasteiger partial charge in [0, 0.05) is 18.9 Å². The number of aliphatic hydroxyl groups is 1. The summed E-state index contributed by atoms with van der Waals surface area (Å²) in [5.74, 6) is -0.613. The van der Waals surface area contributed by atoms with Crippen LogP contribution in [0.2, 0.25) is 0 Å². The van der Waals surface area contributed by atoms with Crippen LogP contribution < -0.4 is 0 Å². The predicted octanol–water partition coefficient (Wildman–Crippen LogP) is 5.07. The number of carboxylic acid groups (broad SMARTS) is 1. The largest absolute Gasteiger partial charge is 0.481 e. The summed E-state index contributed by atoms with van der Waals surface area (Å²) in [4.78, 5) is 38.8. The number of imide groups is 1. The zero-order valence-electron chi connectivity index (χ0n) is 22.9. The molecule has 2 saturated heterocycles. The van der Waals surface area contributed by atoms with Gasteiger partial charge in [-0.1, -0.05) is 42.3 Å². The number of amides is 2. The van der Waals surface area contributed by atoms with Gasteiger partial charge in [-0.25, -0.2) is 0 Å². The van der Waals surface area contributed by atoms with Gasteiger partial charge < -0.3 is 19.4 Å². The topological polar surface area (TPSA) is 117 Å². The maximum absolute atomic E-state index is 13.5. The molecule has 2 fully saturated rings. The highest BCUT2D eigenvalue weighted by Gasteiger charge is 2.56. The number of unbranched alkanes of at least 4 members (excludes halogenated alkanes) is 2. The molecule has 1 aromatic heterocycles. The highest BCUT2D eigenvalue weighted by Crippen LogP contribution is 2.50. The second-order valence-electron chi connectivity index (χ2n) is 11.1. The fraction of sp³-hybridized carbons (Fsp3) is 0.469. The van der Waals surface area contributed by atoms with Crippen molar-refractivity contribution in [2.24, 2.45) is 17.8 Å². The van der Waals surface area contributed by atoms with Crippen molar-refractivity contribution in [2.75, 3.05) is 13.2 Å². The van der Waals surface area contributed by atoms with Gasteiger partial charge in [0.15, 0.2) is 0 Å². The fourth-order valence-corrected chi connectivity index (χ4v) is 6.61. The number of ether oxygens (including phenoxy) is 1. The first-order valence-corrected chi connectivity index (χ1v) is 14.2. The lowest BCUT2D eigenvalue weighted by Crippen LogP contribution is -2.34. The van der Waals surface area contributed by atoms with E-state index < -0.39 is 5.97 Å². The molecule has 8 heteroatoms. The maximum atomic E-state index is 13.5. The zero-order chi connectivity index (χ0) is 28.2. The molecular weight excluding hydrogens is 510 g/mol. The Labute approximate surface area is 234 Å². The molecule has 2 aliphatic heterocycles. The summed E-state index contributed by atoms with van der Waals surface area (Å²) in [6, 6.07) is 13.7. The number of carbonyl (C=O) groups is 3. The van der Waals surface area contributed by atoms with Gasteiger partial charge in [-0.3, -0.25) is 19.3 Å². The quantitative estimate of drug-likeness (QED) is 0.216. The number of allylic oxidation sites excluding steroid dienone is 2. The Morgan fingerprint density at radius 1 is 1.02 bits per heavy atom. The molecule has 2 amide bonds. The van der Waals surface area contributed by atoms with Gasteiger partial charge in [-0.2, -0.15) is 0 Å². The average Bonchev–Trinajstić information content (AvgIpc) is 3.65. The first-order chi connectivity index (χ1) is 19.4. The third-order valence-corrected chi connectivity index (χ3v) is 8.49. The second-order valence-corrected chi connectivity index (χ2v) is 11.1. The van der Waals surface area contributed by atoms with Crippen LogP contribution in [0, 0.1) is 17.8 Å². The molecule has 0 radical (unpaired) electrons. The number of hydrogen-bond acceptors (Lipinski definition) is 6. The minimum absolute atomic E-state index is 0.0847. The monoisotopic (exact) mass is 547 g/mol. The summed E-state index contributed by atoms with van der Waals surface area (Å²) in [6.45, 7) is 2.71. The highest BCUT2D eigenvalue weighted by atomic mass is 16.5. The number of furan rings is 1. The van der Waals surface area contributed by atoms with Gasteiger partial charge >= 0.3 is 5.97 Å². The van der Waals surface area contributed by atoms with Crippen LogP contribution in [0.5, 0.6) is 0 Å². The number of carboxylic acids is 1. The molecule has 212 valence electrons. The van der Waals surface area contributed by atoms with Crippen molar-refractivity contribution in [3.63, 3.8) is 0 Å². The van der Waals surface area contributed by atoms with Crippen LogP contribution in [0.15, 0.2) is 58.0 Å². The number of carbonyl (C=O) groups excluding carboxylic acids is 2. The molecule has 0 unspecified atom stereocenters. The van der Waals surface area contributed by atoms with E-state index in [1.165, 1.54) is 10.5 Å². The van der Waals surface area contributed by atoms with Crippen LogP contribution in [0.3, 0.4) is 0 Å². The summed E-state index contributed by atoms with van der Waals surface area (Å²) in [7, 11) is 0. The molecule has 2 aromatic rings. The number of likely N-dealkylation sites (tertiary alicyclic amines) is 1. The Morgan fingerprint density at radius 3 is 2.55 bits per heavy atom. The van der Waals surface area contributed by atoms with Gasteiger partial charge in [-0.05, 0) is 73.9 Å². The van der Waals surface area contributed by atoms with Crippen LogP contribution in [0.25, 0.3) is 11.6 Å². The van der Waals surface area contributed by atoms with E-state index in [0.717, 1.165) is 29.6 Å². The van der Waals surface area contributed by atoms with E-state index >= 15 is 0 Å². The molecule has 1 aromatic carbocycles. The van der Waals surface area contributed by atoms with Crippen molar-refractivity contribution in [3.05, 3.63) is 70.7 Å². The Bertz CT molecular complexity index is 1310. The molecule has 0 bridgehead atoms. The lowest BCUT2D eigenvalue weighted by Gasteiger charge is -2.30. The van der Waals surface area contributed by atoms with Gasteiger partial charge in [0.25, 0.3) is 0 Å². The van der Waals surface area contributed by atoms with Gasteiger partial charge in [-0.15, -0.1) is 0 Å². The van der Waals surface area contributed by atoms with Gasteiger partial charge in [0.05, 0.1) is 24.5 Å². The molecule has 3 heterocycles. The summed E-state index contributed by atoms with van der Waals surface area (Å²) in [5, 5.41) is 18.2. The lowest BCUT2D eigenvalue weighted by molar-refractivity contribution is -0.141. The van der Waals surface area contributed by atoms with Crippen molar-refractivity contribution in [1.29, 1.82) is 0 Å². The average molecular weight is 548 g/mol. The Kier molecular flexibility index (Phi) is 8.66. The number of benzene rings is 1. The molecule has 5 rings (SSSR count). The van der Waals surface area contributed by atoms with Crippen molar-refractivity contribution in [1.82, 2.24) is 4.90 Å². The first kappa shape index (κ1) is 28.1. The number of rotatable bonds is 12. The molecule has 3 aliphatic rings. The lowest BCUT2D eigenvalue weighted by atomic mass is 9.70. The number of aliphatic carboxylic acids is 1.